The average molecular weight is 296 g/mol. The molecule has 1 aromatic carbocycles. The molecule has 0 spiro atoms. The molecule has 0 heterocycles. The van der Waals surface area contributed by atoms with Gasteiger partial charge in [0, 0.05) is 33.1 Å². The molecule has 0 radical (unpaired) electrons. The first kappa shape index (κ1) is 17.0. The summed E-state index contributed by atoms with van der Waals surface area (Å²) >= 11 is 0. The van der Waals surface area contributed by atoms with Crippen molar-refractivity contribution in [1.82, 2.24) is 5.32 Å². The van der Waals surface area contributed by atoms with Crippen LogP contribution in [0.2, 0.25) is 0 Å². The lowest BCUT2D eigenvalue weighted by molar-refractivity contribution is 0.134. The summed E-state index contributed by atoms with van der Waals surface area (Å²) in [7, 11) is 1.95. The van der Waals surface area contributed by atoms with Gasteiger partial charge in [-0.25, -0.2) is 0 Å². The van der Waals surface area contributed by atoms with Crippen LogP contribution in [0.3, 0.4) is 0 Å². The lowest BCUT2D eigenvalue weighted by Crippen LogP contribution is -2.49. The van der Waals surface area contributed by atoms with Gasteiger partial charge in [-0.15, -0.1) is 0 Å². The lowest BCUT2D eigenvalue weighted by atomic mass is 10.2. The second-order valence-corrected chi connectivity index (χ2v) is 7.40. The summed E-state index contributed by atoms with van der Waals surface area (Å²) in [6, 6.07) is 9.99. The van der Waals surface area contributed by atoms with Gasteiger partial charge in [0.2, 0.25) is 0 Å². The Morgan fingerprint density at radius 3 is 2.20 bits per heavy atom. The minimum absolute atomic E-state index is 0.119. The van der Waals surface area contributed by atoms with Gasteiger partial charge in [-0.3, -0.25) is 5.32 Å². The molecule has 0 saturated carbocycles. The van der Waals surface area contributed by atoms with E-state index < -0.39 is 8.80 Å². The fourth-order valence-electron chi connectivity index (χ4n) is 1.91. The molecule has 1 rings (SSSR count). The molecule has 0 aromatic heterocycles. The van der Waals surface area contributed by atoms with Gasteiger partial charge in [0.05, 0.1) is 6.17 Å². The smallest absolute Gasteiger partial charge is 0.374 e. The topological polar surface area (TPSA) is 65.7 Å². The second-order valence-electron chi connectivity index (χ2n) is 4.42. The van der Waals surface area contributed by atoms with Crippen molar-refractivity contribution < 1.29 is 13.3 Å². The number of rotatable bonds is 8. The minimum Gasteiger partial charge on any atom is -0.374 e. The van der Waals surface area contributed by atoms with E-state index in [1.54, 1.807) is 21.3 Å². The zero-order valence-corrected chi connectivity index (χ0v) is 13.6. The Hall–Kier alpha value is -1.02. The van der Waals surface area contributed by atoms with Gasteiger partial charge in [-0.05, 0) is 12.5 Å². The standard InChI is InChI=1S/C14H24N2O3Si/c1-12(15)16-11-14(20(17-2,18-3)19-4)10-13-8-6-5-7-9-13/h5-10,12,16H,11,15H2,1-4H3. The highest BCUT2D eigenvalue weighted by Gasteiger charge is 2.42. The van der Waals surface area contributed by atoms with E-state index in [4.69, 9.17) is 19.0 Å². The van der Waals surface area contributed by atoms with Crippen LogP contribution in [-0.4, -0.2) is 42.8 Å². The fourth-order valence-corrected chi connectivity index (χ4v) is 3.86. The van der Waals surface area contributed by atoms with Crippen molar-refractivity contribution >= 4 is 14.9 Å². The van der Waals surface area contributed by atoms with Crippen molar-refractivity contribution in [2.75, 3.05) is 27.9 Å². The van der Waals surface area contributed by atoms with Crippen LogP contribution < -0.4 is 11.1 Å². The molecule has 0 aliphatic rings. The highest BCUT2D eigenvalue weighted by Crippen LogP contribution is 2.20. The van der Waals surface area contributed by atoms with Gasteiger partial charge in [-0.1, -0.05) is 36.4 Å². The zero-order valence-electron chi connectivity index (χ0n) is 12.6. The van der Waals surface area contributed by atoms with E-state index in [0.29, 0.717) is 6.54 Å². The molecular formula is C14H24N2O3Si. The SMILES string of the molecule is CO[Si](OC)(OC)C(=Cc1ccccc1)CNC(C)N. The highest BCUT2D eigenvalue weighted by molar-refractivity contribution is 6.69. The van der Waals surface area contributed by atoms with Crippen molar-refractivity contribution in [3.63, 3.8) is 0 Å². The molecule has 1 unspecified atom stereocenters. The summed E-state index contributed by atoms with van der Waals surface area (Å²) in [6.07, 6.45) is 1.91. The molecular weight excluding hydrogens is 272 g/mol. The number of nitrogens with two attached hydrogens (primary N) is 1. The molecule has 0 fully saturated rings. The van der Waals surface area contributed by atoms with Gasteiger partial charge in [0.25, 0.3) is 0 Å². The molecule has 6 heteroatoms. The molecule has 0 amide bonds. The minimum atomic E-state index is -2.85. The molecule has 112 valence electrons. The van der Waals surface area contributed by atoms with Crippen LogP contribution in [0.15, 0.2) is 35.5 Å². The van der Waals surface area contributed by atoms with E-state index in [1.807, 2.05) is 43.3 Å². The molecule has 1 atom stereocenters. The molecule has 3 N–H and O–H groups in total. The van der Waals surface area contributed by atoms with Gasteiger partial charge in [0.15, 0.2) is 0 Å². The van der Waals surface area contributed by atoms with E-state index >= 15 is 0 Å². The third-order valence-electron chi connectivity index (χ3n) is 2.95. The quantitative estimate of drug-likeness (QED) is 0.560. The largest absolute Gasteiger partial charge is 0.533 e. The Labute approximate surface area is 122 Å². The predicted molar refractivity (Wildman–Crippen MR) is 82.9 cm³/mol. The highest BCUT2D eigenvalue weighted by atomic mass is 28.4. The van der Waals surface area contributed by atoms with Crippen LogP contribution >= 0.6 is 0 Å². The summed E-state index contributed by atoms with van der Waals surface area (Å²) in [4.78, 5) is 0. The maximum atomic E-state index is 5.76. The fraction of sp³-hybridized carbons (Fsp3) is 0.429. The summed E-state index contributed by atoms with van der Waals surface area (Å²) in [5.74, 6) is 0. The number of hydrogen-bond donors (Lipinski definition) is 2. The normalized spacial score (nSPS) is 14.3. The lowest BCUT2D eigenvalue weighted by Gasteiger charge is -2.28. The summed E-state index contributed by atoms with van der Waals surface area (Å²) < 4.78 is 16.6. The van der Waals surface area contributed by atoms with E-state index in [-0.39, 0.29) is 6.17 Å². The predicted octanol–water partition coefficient (Wildman–Crippen LogP) is 1.38. The van der Waals surface area contributed by atoms with Crippen molar-refractivity contribution in [1.29, 1.82) is 0 Å². The van der Waals surface area contributed by atoms with Crippen LogP contribution in [0.25, 0.3) is 6.08 Å². The first-order valence-corrected chi connectivity index (χ1v) is 8.21. The third kappa shape index (κ3) is 4.52. The van der Waals surface area contributed by atoms with Gasteiger partial charge in [-0.2, -0.15) is 0 Å². The molecule has 20 heavy (non-hydrogen) atoms. The van der Waals surface area contributed by atoms with Crippen molar-refractivity contribution in [2.24, 2.45) is 5.73 Å². The Morgan fingerprint density at radius 2 is 1.75 bits per heavy atom. The first-order chi connectivity index (χ1) is 9.57. The van der Waals surface area contributed by atoms with Crippen LogP contribution in [0.1, 0.15) is 12.5 Å². The van der Waals surface area contributed by atoms with Crippen molar-refractivity contribution in [3.8, 4) is 0 Å². The van der Waals surface area contributed by atoms with Gasteiger partial charge >= 0.3 is 8.80 Å². The maximum Gasteiger partial charge on any atom is 0.533 e. The summed E-state index contributed by atoms with van der Waals surface area (Å²) in [5.41, 5.74) is 6.82. The number of nitrogens with one attached hydrogen (secondary N) is 1. The average Bonchev–Trinajstić information content (AvgIpc) is 2.47. The molecule has 0 aliphatic carbocycles. The van der Waals surface area contributed by atoms with E-state index in [9.17, 15) is 0 Å². The Kier molecular flexibility index (Phi) is 7.07. The molecule has 1 aromatic rings. The van der Waals surface area contributed by atoms with Crippen LogP contribution in [0, 0.1) is 0 Å². The van der Waals surface area contributed by atoms with E-state index in [2.05, 4.69) is 5.32 Å². The summed E-state index contributed by atoms with van der Waals surface area (Å²) in [5, 5.41) is 4.12. The second kappa shape index (κ2) is 8.31. The number of benzene rings is 1. The van der Waals surface area contributed by atoms with E-state index in [0.717, 1.165) is 10.8 Å². The first-order valence-electron chi connectivity index (χ1n) is 6.48. The van der Waals surface area contributed by atoms with Gasteiger partial charge < -0.3 is 19.0 Å². The molecule has 0 aliphatic heterocycles. The van der Waals surface area contributed by atoms with E-state index in [1.165, 1.54) is 0 Å². The van der Waals surface area contributed by atoms with Crippen LogP contribution in [-0.2, 0) is 13.3 Å². The van der Waals surface area contributed by atoms with Crippen LogP contribution in [0.5, 0.6) is 0 Å². The maximum absolute atomic E-state index is 5.76. The van der Waals surface area contributed by atoms with Crippen molar-refractivity contribution in [3.05, 3.63) is 41.1 Å². The van der Waals surface area contributed by atoms with Crippen molar-refractivity contribution in [2.45, 2.75) is 13.1 Å². The zero-order chi connectivity index (χ0) is 15.0. The summed E-state index contributed by atoms with van der Waals surface area (Å²) in [6.45, 7) is 2.43. The Morgan fingerprint density at radius 1 is 1.20 bits per heavy atom. The van der Waals surface area contributed by atoms with Gasteiger partial charge in [0.1, 0.15) is 0 Å². The Balaban J connectivity index is 3.10. The Bertz CT molecular complexity index is 411. The molecule has 0 saturated heterocycles. The monoisotopic (exact) mass is 296 g/mol. The molecule has 0 bridgehead atoms. The number of hydrogen-bond acceptors (Lipinski definition) is 5. The third-order valence-corrected chi connectivity index (χ3v) is 5.67. The van der Waals surface area contributed by atoms with Crippen LogP contribution in [0.4, 0.5) is 0 Å². The molecule has 5 nitrogen and oxygen atoms in total.